The molecule has 11 nitrogen and oxygen atoms in total. The normalized spacial score (nSPS) is 11.4. The summed E-state index contributed by atoms with van der Waals surface area (Å²) in [5.41, 5.74) is 4.14. The minimum atomic E-state index is -3.86. The Balaban J connectivity index is 1.43. The fourth-order valence-electron chi connectivity index (χ4n) is 3.89. The van der Waals surface area contributed by atoms with Crippen LogP contribution in [-0.2, 0) is 32.7 Å². The van der Waals surface area contributed by atoms with E-state index in [2.05, 4.69) is 15.8 Å². The zero-order valence-corrected chi connectivity index (χ0v) is 24.1. The minimum Gasteiger partial charge on any atom is -0.497 e. The molecule has 12 heteroatoms. The Labute approximate surface area is 243 Å². The van der Waals surface area contributed by atoms with Crippen LogP contribution >= 0.6 is 0 Å². The third-order valence-electron chi connectivity index (χ3n) is 6.09. The van der Waals surface area contributed by atoms with Gasteiger partial charge in [0.1, 0.15) is 23.0 Å². The Morgan fingerprint density at radius 3 is 2.33 bits per heavy atom. The summed E-state index contributed by atoms with van der Waals surface area (Å²) in [6.07, 6.45) is 1.21. The van der Waals surface area contributed by atoms with E-state index in [4.69, 9.17) is 13.9 Å². The van der Waals surface area contributed by atoms with Crippen molar-refractivity contribution < 1.29 is 31.9 Å². The van der Waals surface area contributed by atoms with Gasteiger partial charge in [0.2, 0.25) is 10.0 Å². The SMILES string of the molecule is COc1ccc(OC)c(NC(=O)C(=O)N/N=C/c2ccc(CN(Cc3ccccc3)S(=O)(=O)c3ccc(C)cc3)o2)c1. The summed E-state index contributed by atoms with van der Waals surface area (Å²) >= 11 is 0. The number of carbonyl (C=O) groups excluding carboxylic acids is 2. The molecule has 42 heavy (non-hydrogen) atoms. The first kappa shape index (κ1) is 30.0. The van der Waals surface area contributed by atoms with Crippen molar-refractivity contribution in [1.29, 1.82) is 0 Å². The summed E-state index contributed by atoms with van der Waals surface area (Å²) in [6.45, 7) is 1.97. The summed E-state index contributed by atoms with van der Waals surface area (Å²) in [5.74, 6) is -0.593. The Kier molecular flexibility index (Phi) is 9.73. The van der Waals surface area contributed by atoms with E-state index in [1.54, 1.807) is 48.5 Å². The van der Waals surface area contributed by atoms with E-state index in [-0.39, 0.29) is 29.4 Å². The predicted octanol–water partition coefficient (Wildman–Crippen LogP) is 4.09. The van der Waals surface area contributed by atoms with E-state index >= 15 is 0 Å². The second-order valence-corrected chi connectivity index (χ2v) is 11.0. The molecule has 218 valence electrons. The van der Waals surface area contributed by atoms with Gasteiger partial charge >= 0.3 is 11.8 Å². The number of benzene rings is 3. The van der Waals surface area contributed by atoms with Gasteiger partial charge in [-0.05, 0) is 48.9 Å². The monoisotopic (exact) mass is 590 g/mol. The smallest absolute Gasteiger partial charge is 0.329 e. The van der Waals surface area contributed by atoms with E-state index in [9.17, 15) is 18.0 Å². The van der Waals surface area contributed by atoms with Crippen LogP contribution in [0.1, 0.15) is 22.6 Å². The molecule has 0 saturated heterocycles. The molecule has 2 amide bonds. The maximum atomic E-state index is 13.5. The van der Waals surface area contributed by atoms with Crippen LogP contribution in [0.2, 0.25) is 0 Å². The lowest BCUT2D eigenvalue weighted by Crippen LogP contribution is -2.32. The van der Waals surface area contributed by atoms with Crippen LogP contribution in [0, 0.1) is 6.92 Å². The van der Waals surface area contributed by atoms with Crippen LogP contribution in [0.3, 0.4) is 0 Å². The Morgan fingerprint density at radius 2 is 1.64 bits per heavy atom. The van der Waals surface area contributed by atoms with Crippen molar-refractivity contribution in [3.8, 4) is 11.5 Å². The maximum absolute atomic E-state index is 13.5. The molecule has 1 heterocycles. The number of methoxy groups -OCH3 is 2. The molecule has 0 aliphatic heterocycles. The lowest BCUT2D eigenvalue weighted by Gasteiger charge is -2.21. The lowest BCUT2D eigenvalue weighted by atomic mass is 10.2. The molecule has 1 aromatic heterocycles. The average molecular weight is 591 g/mol. The molecule has 0 bridgehead atoms. The predicted molar refractivity (Wildman–Crippen MR) is 157 cm³/mol. The van der Waals surface area contributed by atoms with Crippen LogP contribution < -0.4 is 20.2 Å². The third-order valence-corrected chi connectivity index (χ3v) is 7.90. The van der Waals surface area contributed by atoms with Crippen LogP contribution in [0.15, 0.2) is 99.3 Å². The van der Waals surface area contributed by atoms with Gasteiger partial charge in [0.05, 0.1) is 37.6 Å². The number of furan rings is 1. The molecule has 3 aromatic carbocycles. The highest BCUT2D eigenvalue weighted by Gasteiger charge is 2.26. The first-order chi connectivity index (χ1) is 20.2. The minimum absolute atomic E-state index is 0.0456. The van der Waals surface area contributed by atoms with Gasteiger partial charge in [0.25, 0.3) is 0 Å². The van der Waals surface area contributed by atoms with Gasteiger partial charge in [-0.1, -0.05) is 48.0 Å². The molecular formula is C30H30N4O7S. The number of aryl methyl sites for hydroxylation is 1. The Bertz CT molecular complexity index is 1670. The second kappa shape index (κ2) is 13.6. The number of nitrogens with zero attached hydrogens (tertiary/aromatic N) is 2. The zero-order chi connectivity index (χ0) is 30.1. The van der Waals surface area contributed by atoms with Crippen LogP contribution in [0.5, 0.6) is 11.5 Å². The number of sulfonamides is 1. The highest BCUT2D eigenvalue weighted by Crippen LogP contribution is 2.29. The molecule has 0 saturated carbocycles. The summed E-state index contributed by atoms with van der Waals surface area (Å²) in [6, 6.07) is 23.8. The number of anilines is 1. The maximum Gasteiger partial charge on any atom is 0.329 e. The first-order valence-corrected chi connectivity index (χ1v) is 14.2. The van der Waals surface area contributed by atoms with Crippen molar-refractivity contribution in [2.75, 3.05) is 19.5 Å². The fourth-order valence-corrected chi connectivity index (χ4v) is 5.29. The molecule has 0 aliphatic rings. The number of hydrogen-bond acceptors (Lipinski definition) is 8. The standard InChI is InChI=1S/C30H30N4O7S/c1-21-9-14-26(15-10-21)42(37,38)34(19-22-7-5-4-6-8-22)20-25-12-11-24(41-25)18-31-33-30(36)29(35)32-27-17-23(39-2)13-16-28(27)40-3/h4-18H,19-20H2,1-3H3,(H,32,35)(H,33,36)/b31-18+. The number of rotatable bonds is 11. The molecule has 4 aromatic rings. The largest absolute Gasteiger partial charge is 0.497 e. The van der Waals surface area contributed by atoms with Crippen molar-refractivity contribution in [3.63, 3.8) is 0 Å². The average Bonchev–Trinajstić information content (AvgIpc) is 3.44. The summed E-state index contributed by atoms with van der Waals surface area (Å²) in [4.78, 5) is 24.8. The van der Waals surface area contributed by atoms with Gasteiger partial charge in [-0.3, -0.25) is 9.59 Å². The van der Waals surface area contributed by atoms with Gasteiger partial charge < -0.3 is 19.2 Å². The zero-order valence-electron chi connectivity index (χ0n) is 23.2. The molecule has 0 unspecified atom stereocenters. The molecular weight excluding hydrogens is 560 g/mol. The van der Waals surface area contributed by atoms with E-state index < -0.39 is 21.8 Å². The van der Waals surface area contributed by atoms with Crippen molar-refractivity contribution in [3.05, 3.63) is 108 Å². The van der Waals surface area contributed by atoms with Gasteiger partial charge in [0, 0.05) is 12.6 Å². The number of nitrogens with one attached hydrogen (secondary N) is 2. The van der Waals surface area contributed by atoms with E-state index in [0.29, 0.717) is 17.3 Å². The first-order valence-electron chi connectivity index (χ1n) is 12.8. The molecule has 0 aliphatic carbocycles. The number of hydrogen-bond donors (Lipinski definition) is 2. The topological polar surface area (TPSA) is 140 Å². The number of amides is 2. The molecule has 0 atom stereocenters. The van der Waals surface area contributed by atoms with Crippen molar-refractivity contribution in [2.24, 2.45) is 5.10 Å². The molecule has 0 fully saturated rings. The molecule has 0 radical (unpaired) electrons. The van der Waals surface area contributed by atoms with Crippen LogP contribution in [0.4, 0.5) is 5.69 Å². The van der Waals surface area contributed by atoms with E-state index in [1.165, 1.54) is 30.8 Å². The number of ether oxygens (including phenoxy) is 2. The van der Waals surface area contributed by atoms with Gasteiger partial charge in [-0.2, -0.15) is 9.41 Å². The highest BCUT2D eigenvalue weighted by atomic mass is 32.2. The number of carbonyl (C=O) groups is 2. The van der Waals surface area contributed by atoms with Crippen LogP contribution in [-0.4, -0.2) is 45.0 Å². The van der Waals surface area contributed by atoms with E-state index in [0.717, 1.165) is 11.1 Å². The number of hydrazone groups is 1. The third kappa shape index (κ3) is 7.62. The Morgan fingerprint density at radius 1 is 0.905 bits per heavy atom. The van der Waals surface area contributed by atoms with Crippen molar-refractivity contribution in [1.82, 2.24) is 9.73 Å². The highest BCUT2D eigenvalue weighted by molar-refractivity contribution is 7.89. The van der Waals surface area contributed by atoms with Crippen molar-refractivity contribution >= 4 is 33.7 Å². The van der Waals surface area contributed by atoms with Gasteiger partial charge in [-0.25, -0.2) is 13.8 Å². The second-order valence-electron chi connectivity index (χ2n) is 9.10. The van der Waals surface area contributed by atoms with E-state index in [1.807, 2.05) is 37.3 Å². The summed E-state index contributed by atoms with van der Waals surface area (Å²) in [7, 11) is -0.957. The lowest BCUT2D eigenvalue weighted by molar-refractivity contribution is -0.136. The van der Waals surface area contributed by atoms with Gasteiger partial charge in [0.15, 0.2) is 0 Å². The molecule has 4 rings (SSSR count). The van der Waals surface area contributed by atoms with Crippen LogP contribution in [0.25, 0.3) is 0 Å². The summed E-state index contributed by atoms with van der Waals surface area (Å²) in [5, 5.41) is 6.22. The molecule has 0 spiro atoms. The molecule has 2 N–H and O–H groups in total. The Hall–Kier alpha value is -4.94. The summed E-state index contributed by atoms with van der Waals surface area (Å²) < 4.78 is 44.5. The van der Waals surface area contributed by atoms with Crippen molar-refractivity contribution in [2.45, 2.75) is 24.9 Å². The van der Waals surface area contributed by atoms with Gasteiger partial charge in [-0.15, -0.1) is 0 Å². The quantitative estimate of drug-likeness (QED) is 0.152. The fraction of sp³-hybridized carbons (Fsp3) is 0.167.